The highest BCUT2D eigenvalue weighted by atomic mass is 79.9. The van der Waals surface area contributed by atoms with Crippen LogP contribution < -0.4 is 10.1 Å². The molecule has 0 spiro atoms. The van der Waals surface area contributed by atoms with Crippen molar-refractivity contribution in [3.05, 3.63) is 58.6 Å². The molecule has 2 aromatic rings. The molecule has 0 bridgehead atoms. The van der Waals surface area contributed by atoms with E-state index in [2.05, 4.69) is 21.2 Å². The molecule has 0 radical (unpaired) electrons. The molecule has 4 heteroatoms. The summed E-state index contributed by atoms with van der Waals surface area (Å²) < 4.78 is 6.05. The summed E-state index contributed by atoms with van der Waals surface area (Å²) in [5, 5.41) is 13.3. The lowest BCUT2D eigenvalue weighted by Gasteiger charge is -2.14. The van der Waals surface area contributed by atoms with Crippen molar-refractivity contribution in [2.45, 2.75) is 6.10 Å². The normalized spacial score (nSPS) is 11.9. The van der Waals surface area contributed by atoms with E-state index in [1.54, 1.807) is 7.11 Å². The van der Waals surface area contributed by atoms with Gasteiger partial charge in [-0.1, -0.05) is 30.3 Å². The summed E-state index contributed by atoms with van der Waals surface area (Å²) in [5.41, 5.74) is 1.84. The third-order valence-electron chi connectivity index (χ3n) is 2.84. The summed E-state index contributed by atoms with van der Waals surface area (Å²) in [6, 6.07) is 15.3. The Morgan fingerprint density at radius 2 is 1.95 bits per heavy atom. The number of nitrogens with one attached hydrogen (secondary N) is 1. The Bertz CT molecular complexity index is 531. The van der Waals surface area contributed by atoms with Crippen molar-refractivity contribution in [2.24, 2.45) is 0 Å². The molecule has 0 aliphatic carbocycles. The number of ether oxygens (including phenoxy) is 1. The fourth-order valence-corrected chi connectivity index (χ4v) is 2.32. The van der Waals surface area contributed by atoms with Gasteiger partial charge >= 0.3 is 0 Å². The summed E-state index contributed by atoms with van der Waals surface area (Å²) in [6.07, 6.45) is -0.526. The summed E-state index contributed by atoms with van der Waals surface area (Å²) in [4.78, 5) is 0. The molecule has 0 saturated heterocycles. The Balaban J connectivity index is 1.97. The Morgan fingerprint density at radius 1 is 1.21 bits per heavy atom. The highest BCUT2D eigenvalue weighted by Crippen LogP contribution is 2.28. The number of anilines is 1. The van der Waals surface area contributed by atoms with Crippen LogP contribution in [0.1, 0.15) is 11.7 Å². The lowest BCUT2D eigenvalue weighted by molar-refractivity contribution is 0.191. The minimum Gasteiger partial charge on any atom is -0.496 e. The zero-order valence-corrected chi connectivity index (χ0v) is 12.2. The molecule has 0 heterocycles. The van der Waals surface area contributed by atoms with Crippen molar-refractivity contribution in [3.63, 3.8) is 0 Å². The molecular weight excluding hydrogens is 306 g/mol. The van der Waals surface area contributed by atoms with Crippen LogP contribution in [0.3, 0.4) is 0 Å². The van der Waals surface area contributed by atoms with E-state index in [0.717, 1.165) is 21.5 Å². The van der Waals surface area contributed by atoms with Crippen LogP contribution in [0, 0.1) is 0 Å². The minimum absolute atomic E-state index is 0.461. The van der Waals surface area contributed by atoms with E-state index in [1.165, 1.54) is 0 Å². The number of hydrogen-bond acceptors (Lipinski definition) is 3. The molecule has 0 aromatic heterocycles. The molecule has 1 atom stereocenters. The summed E-state index contributed by atoms with van der Waals surface area (Å²) in [7, 11) is 1.63. The molecule has 2 aromatic carbocycles. The van der Waals surface area contributed by atoms with Crippen LogP contribution in [-0.4, -0.2) is 18.8 Å². The summed E-state index contributed by atoms with van der Waals surface area (Å²) >= 11 is 3.43. The number of halogens is 1. The number of hydrogen-bond donors (Lipinski definition) is 2. The van der Waals surface area contributed by atoms with Gasteiger partial charge in [0.25, 0.3) is 0 Å². The smallest absolute Gasteiger partial charge is 0.133 e. The van der Waals surface area contributed by atoms with Crippen molar-refractivity contribution in [1.82, 2.24) is 0 Å². The van der Waals surface area contributed by atoms with Gasteiger partial charge in [-0.3, -0.25) is 0 Å². The fraction of sp³-hybridized carbons (Fsp3) is 0.200. The molecule has 1 unspecified atom stereocenters. The first kappa shape index (κ1) is 13.9. The van der Waals surface area contributed by atoms with Crippen LogP contribution in [0.25, 0.3) is 0 Å². The van der Waals surface area contributed by atoms with E-state index in [-0.39, 0.29) is 0 Å². The van der Waals surface area contributed by atoms with Crippen LogP contribution in [0.2, 0.25) is 0 Å². The van der Waals surface area contributed by atoms with Gasteiger partial charge in [0.15, 0.2) is 0 Å². The first-order chi connectivity index (χ1) is 9.20. The lowest BCUT2D eigenvalue weighted by atomic mass is 10.1. The first-order valence-corrected chi connectivity index (χ1v) is 6.80. The Labute approximate surface area is 121 Å². The van der Waals surface area contributed by atoms with E-state index >= 15 is 0 Å². The largest absolute Gasteiger partial charge is 0.496 e. The molecule has 100 valence electrons. The first-order valence-electron chi connectivity index (χ1n) is 6.01. The SMILES string of the molecule is COc1ccc(NCC(O)c2ccccc2)cc1Br. The van der Waals surface area contributed by atoms with E-state index < -0.39 is 6.10 Å². The monoisotopic (exact) mass is 321 g/mol. The van der Waals surface area contributed by atoms with Gasteiger partial charge in [-0.25, -0.2) is 0 Å². The third-order valence-corrected chi connectivity index (χ3v) is 3.46. The molecule has 0 amide bonds. The predicted molar refractivity (Wildman–Crippen MR) is 80.6 cm³/mol. The number of rotatable bonds is 5. The highest BCUT2D eigenvalue weighted by Gasteiger charge is 2.07. The van der Waals surface area contributed by atoms with Gasteiger partial charge in [0, 0.05) is 12.2 Å². The topological polar surface area (TPSA) is 41.5 Å². The van der Waals surface area contributed by atoms with Crippen LogP contribution in [-0.2, 0) is 0 Å². The van der Waals surface area contributed by atoms with Gasteiger partial charge in [0.05, 0.1) is 17.7 Å². The average molecular weight is 322 g/mol. The Morgan fingerprint density at radius 3 is 2.58 bits per heavy atom. The average Bonchev–Trinajstić information content (AvgIpc) is 2.46. The van der Waals surface area contributed by atoms with E-state index in [9.17, 15) is 5.11 Å². The van der Waals surface area contributed by atoms with Gasteiger partial charge < -0.3 is 15.2 Å². The fourth-order valence-electron chi connectivity index (χ4n) is 1.78. The van der Waals surface area contributed by atoms with Gasteiger partial charge in [-0.05, 0) is 39.7 Å². The van der Waals surface area contributed by atoms with Crippen molar-refractivity contribution < 1.29 is 9.84 Å². The maximum atomic E-state index is 10.1. The second-order valence-corrected chi connectivity index (χ2v) is 5.01. The maximum Gasteiger partial charge on any atom is 0.133 e. The van der Waals surface area contributed by atoms with E-state index in [4.69, 9.17) is 4.74 Å². The molecule has 0 aliphatic heterocycles. The zero-order chi connectivity index (χ0) is 13.7. The number of aliphatic hydroxyl groups excluding tert-OH is 1. The summed E-state index contributed by atoms with van der Waals surface area (Å²) in [5.74, 6) is 0.786. The molecule has 3 nitrogen and oxygen atoms in total. The minimum atomic E-state index is -0.526. The Hall–Kier alpha value is -1.52. The van der Waals surface area contributed by atoms with Crippen molar-refractivity contribution in [3.8, 4) is 5.75 Å². The predicted octanol–water partition coefficient (Wildman–Crippen LogP) is 3.60. The molecule has 2 rings (SSSR count). The second kappa shape index (κ2) is 6.59. The van der Waals surface area contributed by atoms with Gasteiger partial charge in [-0.15, -0.1) is 0 Å². The van der Waals surface area contributed by atoms with Crippen LogP contribution in [0.4, 0.5) is 5.69 Å². The van der Waals surface area contributed by atoms with Gasteiger partial charge in [-0.2, -0.15) is 0 Å². The quantitative estimate of drug-likeness (QED) is 0.884. The third kappa shape index (κ3) is 3.72. The summed E-state index contributed by atoms with van der Waals surface area (Å²) in [6.45, 7) is 0.461. The molecular formula is C15H16BrNO2. The molecule has 0 fully saturated rings. The zero-order valence-electron chi connectivity index (χ0n) is 10.6. The van der Waals surface area contributed by atoms with Gasteiger partial charge in [0.1, 0.15) is 5.75 Å². The highest BCUT2D eigenvalue weighted by molar-refractivity contribution is 9.10. The lowest BCUT2D eigenvalue weighted by Crippen LogP contribution is -2.12. The molecule has 0 aliphatic rings. The number of methoxy groups -OCH3 is 1. The number of aliphatic hydroxyl groups is 1. The second-order valence-electron chi connectivity index (χ2n) is 4.16. The molecule has 2 N–H and O–H groups in total. The van der Waals surface area contributed by atoms with Crippen LogP contribution >= 0.6 is 15.9 Å². The van der Waals surface area contributed by atoms with Gasteiger partial charge in [0.2, 0.25) is 0 Å². The standard InChI is InChI=1S/C15H16BrNO2/c1-19-15-8-7-12(9-13(15)16)17-10-14(18)11-5-3-2-4-6-11/h2-9,14,17-18H,10H2,1H3. The van der Waals surface area contributed by atoms with Crippen molar-refractivity contribution in [2.75, 3.05) is 19.0 Å². The Kier molecular flexibility index (Phi) is 4.82. The van der Waals surface area contributed by atoms with E-state index in [0.29, 0.717) is 6.54 Å². The molecule has 19 heavy (non-hydrogen) atoms. The maximum absolute atomic E-state index is 10.1. The van der Waals surface area contributed by atoms with Crippen molar-refractivity contribution >= 4 is 21.6 Å². The van der Waals surface area contributed by atoms with Crippen LogP contribution in [0.15, 0.2) is 53.0 Å². The van der Waals surface area contributed by atoms with Crippen LogP contribution in [0.5, 0.6) is 5.75 Å². The number of benzene rings is 2. The van der Waals surface area contributed by atoms with E-state index in [1.807, 2.05) is 48.5 Å². The van der Waals surface area contributed by atoms with Crippen molar-refractivity contribution in [1.29, 1.82) is 0 Å². The molecule has 0 saturated carbocycles.